The van der Waals surface area contributed by atoms with Crippen molar-refractivity contribution >= 4 is 34.9 Å². The highest BCUT2D eigenvalue weighted by atomic mass is 35.5. The summed E-state index contributed by atoms with van der Waals surface area (Å²) in [5, 5.41) is 3.67. The smallest absolute Gasteiger partial charge is 0.410 e. The van der Waals surface area contributed by atoms with Gasteiger partial charge in [-0.25, -0.2) is 14.8 Å². The van der Waals surface area contributed by atoms with Crippen molar-refractivity contribution in [2.75, 3.05) is 43.5 Å². The summed E-state index contributed by atoms with van der Waals surface area (Å²) < 4.78 is 10.7. The van der Waals surface area contributed by atoms with Crippen molar-refractivity contribution in [3.05, 3.63) is 35.6 Å². The maximum Gasteiger partial charge on any atom is 0.410 e. The highest BCUT2D eigenvalue weighted by Gasteiger charge is 2.26. The van der Waals surface area contributed by atoms with Crippen molar-refractivity contribution in [2.24, 2.45) is 0 Å². The topological polar surface area (TPSA) is 79.8 Å². The molecule has 3 rings (SSSR count). The number of pyridine rings is 2. The van der Waals surface area contributed by atoms with Gasteiger partial charge in [-0.05, 0) is 39.0 Å². The number of ether oxygens (including phenoxy) is 2. The third kappa shape index (κ3) is 8.96. The molecule has 1 aliphatic rings. The number of nitrogens with zero attached hydrogens (tertiary/aromatic N) is 4. The van der Waals surface area contributed by atoms with Gasteiger partial charge in [-0.15, -0.1) is 0 Å². The molecule has 9 heteroatoms. The van der Waals surface area contributed by atoms with Gasteiger partial charge in [-0.3, -0.25) is 0 Å². The van der Waals surface area contributed by atoms with Crippen molar-refractivity contribution in [2.45, 2.75) is 54.1 Å². The van der Waals surface area contributed by atoms with Crippen LogP contribution in [0.5, 0.6) is 5.88 Å². The van der Waals surface area contributed by atoms with E-state index in [0.29, 0.717) is 35.5 Å². The average molecular weight is 480 g/mol. The van der Waals surface area contributed by atoms with Gasteiger partial charge in [0.1, 0.15) is 17.1 Å². The maximum atomic E-state index is 12.2. The van der Waals surface area contributed by atoms with Gasteiger partial charge in [-0.2, -0.15) is 0 Å². The molecule has 0 saturated carbocycles. The van der Waals surface area contributed by atoms with E-state index >= 15 is 0 Å². The number of anilines is 3. The van der Waals surface area contributed by atoms with Gasteiger partial charge in [0.25, 0.3) is 0 Å². The van der Waals surface area contributed by atoms with Crippen molar-refractivity contribution in [1.29, 1.82) is 0 Å². The second-order valence-electron chi connectivity index (χ2n) is 7.69. The van der Waals surface area contributed by atoms with E-state index in [-0.39, 0.29) is 6.09 Å². The van der Waals surface area contributed by atoms with E-state index in [9.17, 15) is 4.79 Å². The molecule has 0 atom stereocenters. The lowest BCUT2D eigenvalue weighted by Crippen LogP contribution is -2.50. The number of aromatic nitrogens is 2. The second kappa shape index (κ2) is 13.7. The van der Waals surface area contributed by atoms with E-state index in [4.69, 9.17) is 21.1 Å². The third-order valence-corrected chi connectivity index (χ3v) is 4.52. The van der Waals surface area contributed by atoms with E-state index in [1.807, 2.05) is 60.6 Å². The summed E-state index contributed by atoms with van der Waals surface area (Å²) in [6.45, 7) is 16.3. The van der Waals surface area contributed by atoms with Crippen molar-refractivity contribution in [3.8, 4) is 5.88 Å². The molecule has 2 aromatic rings. The van der Waals surface area contributed by atoms with Crippen molar-refractivity contribution in [1.82, 2.24) is 14.9 Å². The lowest BCUT2D eigenvalue weighted by Gasteiger charge is -2.36. The Bertz CT molecular complexity index is 848. The van der Waals surface area contributed by atoms with E-state index in [2.05, 4.69) is 20.2 Å². The summed E-state index contributed by atoms with van der Waals surface area (Å²) in [5.74, 6) is 1.10. The second-order valence-corrected chi connectivity index (χ2v) is 8.13. The number of carbonyl (C=O) groups is 1. The molecule has 0 unspecified atom stereocenters. The van der Waals surface area contributed by atoms with Gasteiger partial charge in [0.05, 0.1) is 24.0 Å². The quantitative estimate of drug-likeness (QED) is 0.576. The molecular weight excluding hydrogens is 442 g/mol. The molecule has 1 saturated heterocycles. The molecule has 1 N–H and O–H groups in total. The van der Waals surface area contributed by atoms with Crippen LogP contribution in [0.25, 0.3) is 0 Å². The normalized spacial score (nSPS) is 13.1. The Balaban J connectivity index is 0.00000129. The molecule has 0 aliphatic carbocycles. The van der Waals surface area contributed by atoms with Gasteiger partial charge < -0.3 is 24.6 Å². The Morgan fingerprint density at radius 1 is 1.03 bits per heavy atom. The fourth-order valence-corrected chi connectivity index (χ4v) is 3.10. The van der Waals surface area contributed by atoms with Crippen LogP contribution in [0, 0.1) is 0 Å². The first-order valence-electron chi connectivity index (χ1n) is 11.4. The van der Waals surface area contributed by atoms with Crippen LogP contribution in [0.4, 0.5) is 22.0 Å². The fraction of sp³-hybridized carbons (Fsp3) is 0.542. The Morgan fingerprint density at radius 2 is 1.67 bits per heavy atom. The number of nitrogens with one attached hydrogen (secondary N) is 1. The van der Waals surface area contributed by atoms with E-state index in [0.717, 1.165) is 18.8 Å². The van der Waals surface area contributed by atoms with Crippen LogP contribution in [0.1, 0.15) is 48.5 Å². The van der Waals surface area contributed by atoms with Crippen LogP contribution in [-0.4, -0.2) is 59.9 Å². The highest BCUT2D eigenvalue weighted by molar-refractivity contribution is 6.30. The first kappa shape index (κ1) is 28.3. The number of rotatable bonds is 4. The summed E-state index contributed by atoms with van der Waals surface area (Å²) in [4.78, 5) is 24.7. The number of piperazine rings is 1. The third-order valence-electron chi connectivity index (χ3n) is 4.32. The molecule has 1 fully saturated rings. The molecule has 0 radical (unpaired) electrons. The number of halogens is 1. The van der Waals surface area contributed by atoms with Gasteiger partial charge in [-0.1, -0.05) is 39.3 Å². The Labute approximate surface area is 203 Å². The van der Waals surface area contributed by atoms with Gasteiger partial charge in [0.15, 0.2) is 0 Å². The standard InChI is InChI=1S/C20H26ClN5O3.2C2H6/c1-20(2,3)29-19(27)26-9-7-25(8-10-26)15-5-6-17(22-13-15)24-16-11-14(21)12-23-18(16)28-4;2*1-2/h5-6,11-13H,7-10H2,1-4H3,(H,22,24);2*1-2H3. The summed E-state index contributed by atoms with van der Waals surface area (Å²) in [5.41, 5.74) is 1.16. The zero-order valence-corrected chi connectivity index (χ0v) is 21.9. The predicted octanol–water partition coefficient (Wildman–Crippen LogP) is 5.99. The van der Waals surface area contributed by atoms with Crippen LogP contribution in [0.3, 0.4) is 0 Å². The first-order chi connectivity index (χ1) is 15.7. The number of amides is 1. The average Bonchev–Trinajstić information content (AvgIpc) is 2.81. The first-order valence-corrected chi connectivity index (χ1v) is 11.8. The number of hydrogen-bond donors (Lipinski definition) is 1. The fourth-order valence-electron chi connectivity index (χ4n) is 2.94. The summed E-state index contributed by atoms with van der Waals surface area (Å²) in [6.07, 6.45) is 3.06. The molecule has 8 nitrogen and oxygen atoms in total. The Morgan fingerprint density at radius 3 is 2.18 bits per heavy atom. The SMILES string of the molecule is CC.CC.COc1ncc(Cl)cc1Nc1ccc(N2CCN(C(=O)OC(C)(C)C)CC2)cn1. The molecule has 2 aromatic heterocycles. The van der Waals surface area contributed by atoms with Gasteiger partial charge in [0.2, 0.25) is 5.88 Å². The number of methoxy groups -OCH3 is 1. The van der Waals surface area contributed by atoms with Gasteiger partial charge in [0, 0.05) is 32.4 Å². The molecule has 184 valence electrons. The molecule has 1 aliphatic heterocycles. The van der Waals surface area contributed by atoms with Crippen molar-refractivity contribution in [3.63, 3.8) is 0 Å². The van der Waals surface area contributed by atoms with Crippen LogP contribution in [0.15, 0.2) is 30.6 Å². The van der Waals surface area contributed by atoms with E-state index < -0.39 is 5.60 Å². The lowest BCUT2D eigenvalue weighted by molar-refractivity contribution is 0.0240. The molecule has 3 heterocycles. The maximum absolute atomic E-state index is 12.2. The highest BCUT2D eigenvalue weighted by Crippen LogP contribution is 2.28. The van der Waals surface area contributed by atoms with Crippen LogP contribution in [0.2, 0.25) is 5.02 Å². The van der Waals surface area contributed by atoms with E-state index in [1.165, 1.54) is 6.20 Å². The molecule has 0 aromatic carbocycles. The minimum absolute atomic E-state index is 0.265. The molecule has 33 heavy (non-hydrogen) atoms. The number of carbonyl (C=O) groups excluding carboxylic acids is 1. The molecule has 0 spiro atoms. The molecule has 1 amide bonds. The largest absolute Gasteiger partial charge is 0.480 e. The molecular formula is C24H38ClN5O3. The Kier molecular flexibility index (Phi) is 11.8. The monoisotopic (exact) mass is 479 g/mol. The minimum Gasteiger partial charge on any atom is -0.480 e. The zero-order valence-electron chi connectivity index (χ0n) is 21.1. The van der Waals surface area contributed by atoms with Crippen molar-refractivity contribution < 1.29 is 14.3 Å². The number of hydrogen-bond acceptors (Lipinski definition) is 7. The Hall–Kier alpha value is -2.74. The van der Waals surface area contributed by atoms with Crippen LogP contribution in [-0.2, 0) is 4.74 Å². The van der Waals surface area contributed by atoms with Gasteiger partial charge >= 0.3 is 6.09 Å². The predicted molar refractivity (Wildman–Crippen MR) is 136 cm³/mol. The zero-order chi connectivity index (χ0) is 25.0. The molecule has 0 bridgehead atoms. The summed E-state index contributed by atoms with van der Waals surface area (Å²) in [7, 11) is 1.55. The summed E-state index contributed by atoms with van der Waals surface area (Å²) >= 11 is 6.01. The van der Waals surface area contributed by atoms with E-state index in [1.54, 1.807) is 24.3 Å². The van der Waals surface area contributed by atoms with Crippen LogP contribution >= 0.6 is 11.6 Å². The lowest BCUT2D eigenvalue weighted by atomic mass is 10.2. The minimum atomic E-state index is -0.484. The van der Waals surface area contributed by atoms with Crippen LogP contribution < -0.4 is 15.0 Å². The summed E-state index contributed by atoms with van der Waals surface area (Å²) in [6, 6.07) is 5.61.